The highest BCUT2D eigenvalue weighted by atomic mass is 16.7. The Hall–Kier alpha value is -1.69. The third-order valence-corrected chi connectivity index (χ3v) is 11.7. The van der Waals surface area contributed by atoms with Crippen LogP contribution in [0.25, 0.3) is 0 Å². The summed E-state index contributed by atoms with van der Waals surface area (Å²) in [7, 11) is 4.19. The van der Waals surface area contributed by atoms with Crippen LogP contribution >= 0.6 is 0 Å². The first-order valence-corrected chi connectivity index (χ1v) is 14.4. The Morgan fingerprint density at radius 3 is 2.54 bits per heavy atom. The number of rotatable bonds is 1. The highest BCUT2D eigenvalue weighted by Gasteiger charge is 2.71. The zero-order valence-electron chi connectivity index (χ0n) is 23.2. The number of carbonyl (C=O) groups is 1. The SMILES string of the molecule is CN(C)c1ccc2c(c1)C[C@]13CCC4(C[C@]1(O)CC[C@@H]1C3C2C[C@]2(C)C(=O)C=C[C@@H]12)OCC(C)(C)CO4. The fraction of sp³-hybridized carbons (Fsp3) is 0.719. The van der Waals surface area contributed by atoms with E-state index in [4.69, 9.17) is 9.47 Å². The third kappa shape index (κ3) is 3.17. The minimum atomic E-state index is -0.835. The Kier molecular flexibility index (Phi) is 4.93. The number of benzene rings is 1. The van der Waals surface area contributed by atoms with Crippen molar-refractivity contribution >= 4 is 11.5 Å². The zero-order chi connectivity index (χ0) is 26.0. The number of allylic oxidation sites excluding steroid dienone is 2. The zero-order valence-corrected chi connectivity index (χ0v) is 23.2. The molecule has 0 aromatic heterocycles. The number of aliphatic hydroxyl groups is 1. The summed E-state index contributed by atoms with van der Waals surface area (Å²) >= 11 is 0. The summed E-state index contributed by atoms with van der Waals surface area (Å²) in [6, 6.07) is 6.93. The van der Waals surface area contributed by atoms with Gasteiger partial charge in [-0.1, -0.05) is 32.9 Å². The quantitative estimate of drug-likeness (QED) is 0.565. The minimum absolute atomic E-state index is 0.00723. The molecule has 5 nitrogen and oxygen atoms in total. The maximum Gasteiger partial charge on any atom is 0.171 e. The second-order valence-electron chi connectivity index (χ2n) is 14.7. The lowest BCUT2D eigenvalue weighted by Crippen LogP contribution is -2.70. The molecular formula is C32H43NO4. The van der Waals surface area contributed by atoms with Crippen molar-refractivity contribution in [3.05, 3.63) is 41.5 Å². The Morgan fingerprint density at radius 2 is 1.81 bits per heavy atom. The summed E-state index contributed by atoms with van der Waals surface area (Å²) in [5.41, 5.74) is 2.62. The number of fused-ring (bicyclic) bond motifs is 4. The molecule has 1 aliphatic heterocycles. The van der Waals surface area contributed by atoms with Crippen molar-refractivity contribution in [3.8, 4) is 0 Å². The molecule has 7 atom stereocenters. The molecule has 1 N–H and O–H groups in total. The Morgan fingerprint density at radius 1 is 1.05 bits per heavy atom. The van der Waals surface area contributed by atoms with E-state index >= 15 is 0 Å². The number of hydrogen-bond acceptors (Lipinski definition) is 5. The van der Waals surface area contributed by atoms with Crippen LogP contribution in [0, 0.1) is 34.0 Å². The molecule has 1 aromatic carbocycles. The van der Waals surface area contributed by atoms with Gasteiger partial charge < -0.3 is 19.5 Å². The number of hydrogen-bond donors (Lipinski definition) is 1. The van der Waals surface area contributed by atoms with E-state index in [0.29, 0.717) is 43.2 Å². The van der Waals surface area contributed by atoms with E-state index in [2.05, 4.69) is 64.0 Å². The van der Waals surface area contributed by atoms with Crippen molar-refractivity contribution in [3.63, 3.8) is 0 Å². The molecule has 3 saturated carbocycles. The highest BCUT2D eigenvalue weighted by Crippen LogP contribution is 2.73. The van der Waals surface area contributed by atoms with Crippen LogP contribution in [0.3, 0.4) is 0 Å². The topological polar surface area (TPSA) is 59.0 Å². The molecule has 200 valence electrons. The third-order valence-electron chi connectivity index (χ3n) is 11.7. The Bertz CT molecular complexity index is 1180. The molecule has 4 fully saturated rings. The van der Waals surface area contributed by atoms with Crippen LogP contribution in [-0.4, -0.2) is 49.6 Å². The molecule has 0 bridgehead atoms. The van der Waals surface area contributed by atoms with Gasteiger partial charge in [0, 0.05) is 48.9 Å². The minimum Gasteiger partial charge on any atom is -0.389 e. The molecule has 5 heteroatoms. The first-order valence-electron chi connectivity index (χ1n) is 14.4. The predicted octanol–water partition coefficient (Wildman–Crippen LogP) is 5.25. The van der Waals surface area contributed by atoms with Crippen LogP contribution in [0.2, 0.25) is 0 Å². The molecule has 0 amide bonds. The van der Waals surface area contributed by atoms with Crippen molar-refractivity contribution in [1.82, 2.24) is 0 Å². The highest BCUT2D eigenvalue weighted by molar-refractivity contribution is 5.97. The standard InChI is InChI=1S/C32H43NO4/c1-28(2)18-36-32(37-19-28)13-12-30-15-20-14-21(33(4)5)6-7-22(20)24-16-29(3)25(8-9-26(29)34)23(27(24)30)10-11-31(30,35)17-32/h6-9,14,23-25,27,35H,10-13,15-19H2,1-5H3/t23-,24?,25-,27?,29-,30-,31+/m0/s1. The molecule has 2 spiro atoms. The molecule has 1 aromatic rings. The molecule has 7 rings (SSSR count). The van der Waals surface area contributed by atoms with Gasteiger partial charge in [0.05, 0.1) is 18.8 Å². The normalized spacial score (nSPS) is 44.5. The number of nitrogens with zero attached hydrogens (tertiary/aromatic N) is 1. The van der Waals surface area contributed by atoms with Gasteiger partial charge >= 0.3 is 0 Å². The molecule has 1 saturated heterocycles. The van der Waals surface area contributed by atoms with E-state index in [0.717, 1.165) is 38.5 Å². The molecule has 5 aliphatic carbocycles. The molecular weight excluding hydrogens is 462 g/mol. The number of anilines is 1. The van der Waals surface area contributed by atoms with Gasteiger partial charge in [-0.3, -0.25) is 4.79 Å². The second-order valence-corrected chi connectivity index (χ2v) is 14.7. The van der Waals surface area contributed by atoms with Gasteiger partial charge in [-0.15, -0.1) is 0 Å². The summed E-state index contributed by atoms with van der Waals surface area (Å²) in [4.78, 5) is 15.4. The van der Waals surface area contributed by atoms with Gasteiger partial charge in [0.15, 0.2) is 11.6 Å². The molecule has 6 aliphatic rings. The first-order chi connectivity index (χ1) is 17.4. The van der Waals surface area contributed by atoms with E-state index in [1.807, 2.05) is 6.08 Å². The fourth-order valence-electron chi connectivity index (χ4n) is 9.83. The number of ether oxygens (including phenoxy) is 2. The molecule has 0 radical (unpaired) electrons. The average Bonchev–Trinajstić information content (AvgIpc) is 3.15. The maximum absolute atomic E-state index is 13.2. The lowest BCUT2D eigenvalue weighted by molar-refractivity contribution is -0.357. The van der Waals surface area contributed by atoms with Crippen molar-refractivity contribution in [2.45, 2.75) is 83.0 Å². The summed E-state index contributed by atoms with van der Waals surface area (Å²) in [5.74, 6) is 1.00. The van der Waals surface area contributed by atoms with Gasteiger partial charge in [0.2, 0.25) is 0 Å². The molecule has 37 heavy (non-hydrogen) atoms. The van der Waals surface area contributed by atoms with E-state index in [-0.39, 0.29) is 22.2 Å². The van der Waals surface area contributed by atoms with E-state index in [9.17, 15) is 9.90 Å². The van der Waals surface area contributed by atoms with Crippen molar-refractivity contribution in [2.24, 2.45) is 34.0 Å². The monoisotopic (exact) mass is 505 g/mol. The van der Waals surface area contributed by atoms with Crippen LogP contribution in [0.15, 0.2) is 30.4 Å². The van der Waals surface area contributed by atoms with Crippen LogP contribution in [0.4, 0.5) is 5.69 Å². The van der Waals surface area contributed by atoms with E-state index in [1.54, 1.807) is 0 Å². The molecule has 2 unspecified atom stereocenters. The van der Waals surface area contributed by atoms with Crippen molar-refractivity contribution in [1.29, 1.82) is 0 Å². The van der Waals surface area contributed by atoms with Crippen molar-refractivity contribution < 1.29 is 19.4 Å². The lowest BCUT2D eigenvalue weighted by Gasteiger charge is -2.69. The summed E-state index contributed by atoms with van der Waals surface area (Å²) in [6.45, 7) is 7.93. The first kappa shape index (κ1) is 24.4. The van der Waals surface area contributed by atoms with Crippen LogP contribution < -0.4 is 4.90 Å². The van der Waals surface area contributed by atoms with E-state index < -0.39 is 11.4 Å². The van der Waals surface area contributed by atoms with Crippen molar-refractivity contribution in [2.75, 3.05) is 32.2 Å². The largest absolute Gasteiger partial charge is 0.389 e. The Balaban J connectivity index is 1.35. The van der Waals surface area contributed by atoms with Crippen LogP contribution in [0.5, 0.6) is 0 Å². The number of carbonyl (C=O) groups excluding carboxylic acids is 1. The van der Waals surface area contributed by atoms with E-state index in [1.165, 1.54) is 16.8 Å². The summed E-state index contributed by atoms with van der Waals surface area (Å²) in [5, 5.41) is 12.8. The van der Waals surface area contributed by atoms with Crippen LogP contribution in [-0.2, 0) is 20.7 Å². The maximum atomic E-state index is 13.2. The fourth-order valence-corrected chi connectivity index (χ4v) is 9.83. The predicted molar refractivity (Wildman–Crippen MR) is 143 cm³/mol. The van der Waals surface area contributed by atoms with Gasteiger partial charge in [-0.05, 0) is 85.1 Å². The molecule has 1 heterocycles. The van der Waals surface area contributed by atoms with Gasteiger partial charge in [0.25, 0.3) is 0 Å². The number of ketones is 1. The summed E-state index contributed by atoms with van der Waals surface area (Å²) < 4.78 is 13.0. The average molecular weight is 506 g/mol. The van der Waals surface area contributed by atoms with Gasteiger partial charge in [0.1, 0.15) is 0 Å². The lowest BCUT2D eigenvalue weighted by atomic mass is 9.37. The van der Waals surface area contributed by atoms with Gasteiger partial charge in [-0.25, -0.2) is 0 Å². The second kappa shape index (κ2) is 7.49. The summed E-state index contributed by atoms with van der Waals surface area (Å²) in [6.07, 6.45) is 9.91. The smallest absolute Gasteiger partial charge is 0.171 e. The van der Waals surface area contributed by atoms with Crippen LogP contribution in [0.1, 0.15) is 76.3 Å². The van der Waals surface area contributed by atoms with Gasteiger partial charge in [-0.2, -0.15) is 0 Å². The Labute approximate surface area is 221 Å².